The van der Waals surface area contributed by atoms with E-state index in [2.05, 4.69) is 31.9 Å². The summed E-state index contributed by atoms with van der Waals surface area (Å²) in [6, 6.07) is 15.6. The quantitative estimate of drug-likeness (QED) is 0.358. The van der Waals surface area contributed by atoms with Gasteiger partial charge in [0.05, 0.1) is 6.54 Å². The number of benzene rings is 2. The van der Waals surface area contributed by atoms with Crippen molar-refractivity contribution in [2.24, 2.45) is 4.99 Å². The summed E-state index contributed by atoms with van der Waals surface area (Å²) in [6.07, 6.45) is 1.03. The molecular weight excluding hydrogens is 402 g/mol. The first-order chi connectivity index (χ1) is 14.5. The highest BCUT2D eigenvalue weighted by Gasteiger charge is 2.23. The predicted octanol–water partition coefficient (Wildman–Crippen LogP) is 3.12. The van der Waals surface area contributed by atoms with Crippen LogP contribution >= 0.6 is 11.6 Å². The van der Waals surface area contributed by atoms with Gasteiger partial charge in [0.1, 0.15) is 12.4 Å². The summed E-state index contributed by atoms with van der Waals surface area (Å²) in [4.78, 5) is 17.8. The van der Waals surface area contributed by atoms with Crippen LogP contribution in [0.5, 0.6) is 5.75 Å². The molecule has 0 saturated carbocycles. The zero-order chi connectivity index (χ0) is 21.3. The van der Waals surface area contributed by atoms with Gasteiger partial charge in [0, 0.05) is 55.6 Å². The minimum Gasteiger partial charge on any atom is -0.492 e. The number of anilines is 2. The molecule has 1 amide bonds. The van der Waals surface area contributed by atoms with Crippen molar-refractivity contribution in [1.29, 1.82) is 0 Å². The van der Waals surface area contributed by atoms with Crippen molar-refractivity contribution in [2.75, 3.05) is 43.5 Å². The molecule has 3 rings (SSSR count). The third-order valence-corrected chi connectivity index (χ3v) is 4.98. The van der Waals surface area contributed by atoms with Crippen molar-refractivity contribution < 1.29 is 9.53 Å². The second-order valence-corrected chi connectivity index (χ2v) is 7.55. The van der Waals surface area contributed by atoms with Crippen molar-refractivity contribution in [2.45, 2.75) is 19.4 Å². The van der Waals surface area contributed by atoms with Gasteiger partial charge in [0.15, 0.2) is 5.96 Å². The summed E-state index contributed by atoms with van der Waals surface area (Å²) in [7, 11) is 1.76. The Balaban J connectivity index is 1.41. The van der Waals surface area contributed by atoms with Crippen LogP contribution in [-0.4, -0.2) is 51.2 Å². The number of carbonyl (C=O) groups excluding carboxylic acids is 1. The largest absolute Gasteiger partial charge is 0.492 e. The molecule has 0 bridgehead atoms. The van der Waals surface area contributed by atoms with E-state index in [1.165, 1.54) is 6.92 Å². The first kappa shape index (κ1) is 21.8. The SMILES string of the molecule is CN=C(NCCOc1cccc(NC(C)=O)c1)NC1CCN(c2cccc(Cl)c2)C1. The summed E-state index contributed by atoms with van der Waals surface area (Å²) in [5, 5.41) is 10.3. The Labute approximate surface area is 182 Å². The van der Waals surface area contributed by atoms with E-state index in [0.29, 0.717) is 24.9 Å². The molecule has 1 heterocycles. The molecule has 1 fully saturated rings. The Bertz CT molecular complexity index is 889. The minimum absolute atomic E-state index is 0.107. The average molecular weight is 430 g/mol. The molecule has 2 aromatic carbocycles. The Morgan fingerprint density at radius 2 is 2.10 bits per heavy atom. The fourth-order valence-corrected chi connectivity index (χ4v) is 3.56. The number of rotatable bonds is 7. The zero-order valence-electron chi connectivity index (χ0n) is 17.3. The van der Waals surface area contributed by atoms with Gasteiger partial charge in [-0.15, -0.1) is 0 Å². The minimum atomic E-state index is -0.107. The smallest absolute Gasteiger partial charge is 0.221 e. The van der Waals surface area contributed by atoms with Crippen LogP contribution in [0.15, 0.2) is 53.5 Å². The number of amides is 1. The van der Waals surface area contributed by atoms with Gasteiger partial charge in [-0.1, -0.05) is 23.7 Å². The Morgan fingerprint density at radius 1 is 1.27 bits per heavy atom. The maximum absolute atomic E-state index is 11.2. The fraction of sp³-hybridized carbons (Fsp3) is 0.364. The first-order valence-corrected chi connectivity index (χ1v) is 10.4. The molecule has 1 aliphatic heterocycles. The van der Waals surface area contributed by atoms with Gasteiger partial charge >= 0.3 is 0 Å². The second kappa shape index (κ2) is 10.7. The summed E-state index contributed by atoms with van der Waals surface area (Å²) in [5.74, 6) is 1.35. The summed E-state index contributed by atoms with van der Waals surface area (Å²) in [5.41, 5.74) is 1.86. The molecule has 30 heavy (non-hydrogen) atoms. The number of hydrogen-bond donors (Lipinski definition) is 3. The van der Waals surface area contributed by atoms with Crippen LogP contribution in [0.3, 0.4) is 0 Å². The van der Waals surface area contributed by atoms with Gasteiger partial charge in [0.2, 0.25) is 5.91 Å². The van der Waals surface area contributed by atoms with Gasteiger partial charge in [-0.3, -0.25) is 9.79 Å². The monoisotopic (exact) mass is 429 g/mol. The van der Waals surface area contributed by atoms with Crippen molar-refractivity contribution in [3.05, 3.63) is 53.6 Å². The summed E-state index contributed by atoms with van der Waals surface area (Å²) in [6.45, 7) is 4.43. The fourth-order valence-electron chi connectivity index (χ4n) is 3.38. The van der Waals surface area contributed by atoms with E-state index in [1.807, 2.05) is 36.4 Å². The van der Waals surface area contributed by atoms with Crippen LogP contribution in [-0.2, 0) is 4.79 Å². The number of nitrogens with zero attached hydrogens (tertiary/aromatic N) is 2. The third kappa shape index (κ3) is 6.56. The molecule has 0 aromatic heterocycles. The van der Waals surface area contributed by atoms with E-state index in [0.717, 1.165) is 41.9 Å². The highest BCUT2D eigenvalue weighted by molar-refractivity contribution is 6.30. The van der Waals surface area contributed by atoms with Gasteiger partial charge in [-0.05, 0) is 36.8 Å². The average Bonchev–Trinajstić information content (AvgIpc) is 3.19. The van der Waals surface area contributed by atoms with Crippen LogP contribution in [0.1, 0.15) is 13.3 Å². The van der Waals surface area contributed by atoms with Gasteiger partial charge in [-0.25, -0.2) is 0 Å². The lowest BCUT2D eigenvalue weighted by Crippen LogP contribution is -2.45. The maximum Gasteiger partial charge on any atom is 0.221 e. The number of carbonyl (C=O) groups is 1. The molecule has 8 heteroatoms. The third-order valence-electron chi connectivity index (χ3n) is 4.74. The predicted molar refractivity (Wildman–Crippen MR) is 123 cm³/mol. The standard InChI is InChI=1S/C22H28ClN5O2/c1-16(29)26-18-6-4-8-21(14-18)30-12-10-25-22(24-2)27-19-9-11-28(15-19)20-7-3-5-17(23)13-20/h3-8,13-14,19H,9-12,15H2,1-2H3,(H,26,29)(H2,24,25,27). The molecule has 1 saturated heterocycles. The lowest BCUT2D eigenvalue weighted by atomic mass is 10.3. The lowest BCUT2D eigenvalue weighted by Gasteiger charge is -2.20. The van der Waals surface area contributed by atoms with Crippen molar-refractivity contribution in [3.63, 3.8) is 0 Å². The summed E-state index contributed by atoms with van der Waals surface area (Å²) < 4.78 is 5.76. The normalized spacial score (nSPS) is 16.3. The van der Waals surface area contributed by atoms with E-state index in [4.69, 9.17) is 16.3 Å². The number of halogens is 1. The lowest BCUT2D eigenvalue weighted by molar-refractivity contribution is -0.114. The van der Waals surface area contributed by atoms with E-state index in [1.54, 1.807) is 13.1 Å². The molecule has 1 unspecified atom stereocenters. The molecule has 160 valence electrons. The molecule has 0 aliphatic carbocycles. The number of aliphatic imine (C=N–C) groups is 1. The molecule has 1 atom stereocenters. The molecular formula is C22H28ClN5O2. The molecule has 0 spiro atoms. The van der Waals surface area contributed by atoms with E-state index >= 15 is 0 Å². The van der Waals surface area contributed by atoms with Crippen molar-refractivity contribution in [3.8, 4) is 5.75 Å². The summed E-state index contributed by atoms with van der Waals surface area (Å²) >= 11 is 6.11. The van der Waals surface area contributed by atoms with Crippen LogP contribution < -0.4 is 25.6 Å². The Hall–Kier alpha value is -2.93. The number of nitrogens with one attached hydrogen (secondary N) is 3. The van der Waals surface area contributed by atoms with Gasteiger partial charge in [-0.2, -0.15) is 0 Å². The number of ether oxygens (including phenoxy) is 1. The highest BCUT2D eigenvalue weighted by Crippen LogP contribution is 2.23. The number of guanidine groups is 1. The maximum atomic E-state index is 11.2. The second-order valence-electron chi connectivity index (χ2n) is 7.11. The van der Waals surface area contributed by atoms with Crippen LogP contribution in [0.25, 0.3) is 0 Å². The number of hydrogen-bond acceptors (Lipinski definition) is 4. The molecule has 3 N–H and O–H groups in total. The van der Waals surface area contributed by atoms with Crippen LogP contribution in [0.2, 0.25) is 5.02 Å². The zero-order valence-corrected chi connectivity index (χ0v) is 18.1. The van der Waals surface area contributed by atoms with Crippen molar-refractivity contribution >= 4 is 34.8 Å². The van der Waals surface area contributed by atoms with Crippen molar-refractivity contribution in [1.82, 2.24) is 10.6 Å². The molecule has 0 radical (unpaired) electrons. The van der Waals surface area contributed by atoms with E-state index < -0.39 is 0 Å². The highest BCUT2D eigenvalue weighted by atomic mass is 35.5. The van der Waals surface area contributed by atoms with E-state index in [-0.39, 0.29) is 5.91 Å². The van der Waals surface area contributed by atoms with E-state index in [9.17, 15) is 4.79 Å². The van der Waals surface area contributed by atoms with Gasteiger partial charge in [0.25, 0.3) is 0 Å². The van der Waals surface area contributed by atoms with Gasteiger partial charge < -0.3 is 25.6 Å². The molecule has 7 nitrogen and oxygen atoms in total. The Morgan fingerprint density at radius 3 is 2.87 bits per heavy atom. The first-order valence-electron chi connectivity index (χ1n) is 10.0. The molecule has 1 aliphatic rings. The topological polar surface area (TPSA) is 78.0 Å². The Kier molecular flexibility index (Phi) is 7.79. The molecule has 2 aromatic rings. The van der Waals surface area contributed by atoms with Crippen LogP contribution in [0, 0.1) is 0 Å². The van der Waals surface area contributed by atoms with Crippen LogP contribution in [0.4, 0.5) is 11.4 Å².